The molecule has 0 radical (unpaired) electrons. The maximum atomic E-state index is 16.6. The van der Waals surface area contributed by atoms with Gasteiger partial charge in [-0.1, -0.05) is 86.6 Å². The molecule has 1 saturated heterocycles. The molecule has 2 bridgehead atoms. The number of esters is 5. The number of ketones is 1. The molecule has 0 aromatic heterocycles. The lowest BCUT2D eigenvalue weighted by Crippen LogP contribution is -2.82. The van der Waals surface area contributed by atoms with E-state index in [1.807, 2.05) is 6.07 Å². The van der Waals surface area contributed by atoms with Gasteiger partial charge in [0.2, 0.25) is 11.7 Å². The molecular weight excluding hydrogens is 1230 g/mol. The SMILES string of the molecule is COc1cc2c(c(OC)c1OC)-c1ccc(SC)c(=O)cc1[C@@H](NC(=O)CCC(=O)O[C@H]1C[C@H]3OC[C@@]3(OC(C)=O)C3C(OC(=O)c4ccccc4)[C@]4(O)C[C@H](OC(=O)[C@H](O)[C@@H](NC(=O)c5ccccc5)c5ccccc5)C(C)=C([C@@H](OC(C)=O)C(=O)[C@@]31C)C4(C)C)CC2. The number of methoxy groups -OCH3 is 3. The number of hydrogen-bond donors (Lipinski definition) is 4. The van der Waals surface area contributed by atoms with E-state index < -0.39 is 150 Å². The Hall–Kier alpha value is -8.90. The smallest absolute Gasteiger partial charge is 0.338 e. The highest BCUT2D eigenvalue weighted by molar-refractivity contribution is 7.98. The van der Waals surface area contributed by atoms with Crippen LogP contribution >= 0.6 is 11.8 Å². The molecule has 1 aliphatic heterocycles. The van der Waals surface area contributed by atoms with Gasteiger partial charge in [-0.3, -0.25) is 33.6 Å². The summed E-state index contributed by atoms with van der Waals surface area (Å²) in [6.07, 6.45) is -10.3. The molecule has 5 aromatic carbocycles. The van der Waals surface area contributed by atoms with Gasteiger partial charge >= 0.3 is 29.8 Å². The predicted molar refractivity (Wildman–Crippen MR) is 340 cm³/mol. The molecular formula is C71H76N2O20S. The molecule has 94 heavy (non-hydrogen) atoms. The number of rotatable bonds is 19. The minimum absolute atomic E-state index is 0.0145. The number of amides is 2. The van der Waals surface area contributed by atoms with E-state index in [0.29, 0.717) is 50.8 Å². The van der Waals surface area contributed by atoms with E-state index in [1.165, 1.54) is 79.0 Å². The zero-order chi connectivity index (χ0) is 67.8. The first-order valence-corrected chi connectivity index (χ1v) is 32.1. The summed E-state index contributed by atoms with van der Waals surface area (Å²) in [4.78, 5) is 131. The Balaban J connectivity index is 1.03. The number of Topliss-reactive ketones (excluding diaryl/α,β-unsaturated/α-hetero) is 1. The van der Waals surface area contributed by atoms with E-state index in [9.17, 15) is 48.6 Å². The number of fused-ring (bicyclic) bond motifs is 8. The largest absolute Gasteiger partial charge is 0.493 e. The molecule has 4 aliphatic carbocycles. The molecule has 496 valence electrons. The number of aliphatic hydroxyl groups is 2. The predicted octanol–water partition coefficient (Wildman–Crippen LogP) is 7.65. The number of aryl methyl sites for hydroxylation is 1. The van der Waals surface area contributed by atoms with E-state index >= 15 is 4.79 Å². The first-order chi connectivity index (χ1) is 44.8. The first kappa shape index (κ1) is 68.0. The maximum Gasteiger partial charge on any atom is 0.338 e. The fourth-order valence-electron chi connectivity index (χ4n) is 14.6. The van der Waals surface area contributed by atoms with Gasteiger partial charge in [0.15, 0.2) is 40.5 Å². The molecule has 23 heteroatoms. The summed E-state index contributed by atoms with van der Waals surface area (Å²) in [6, 6.07) is 28.5. The fraction of sp³-hybridized carbons (Fsp3) is 0.423. The Kier molecular flexibility index (Phi) is 19.7. The summed E-state index contributed by atoms with van der Waals surface area (Å²) in [5.74, 6) is -8.10. The highest BCUT2D eigenvalue weighted by atomic mass is 32.2. The topological polar surface area (TPSA) is 301 Å². The van der Waals surface area contributed by atoms with Crippen molar-refractivity contribution < 1.29 is 91.2 Å². The van der Waals surface area contributed by atoms with E-state index in [-0.39, 0.29) is 40.5 Å². The Morgan fingerprint density at radius 1 is 0.766 bits per heavy atom. The Morgan fingerprint density at radius 2 is 1.41 bits per heavy atom. The van der Waals surface area contributed by atoms with Gasteiger partial charge in [0.25, 0.3) is 5.91 Å². The molecule has 2 saturated carbocycles. The molecule has 3 fully saturated rings. The second-order valence-corrected chi connectivity index (χ2v) is 25.8. The molecule has 2 amide bonds. The lowest BCUT2D eigenvalue weighted by molar-refractivity contribution is -0.346. The molecule has 0 spiro atoms. The van der Waals surface area contributed by atoms with Crippen LogP contribution in [0.4, 0.5) is 0 Å². The molecule has 4 N–H and O–H groups in total. The van der Waals surface area contributed by atoms with Gasteiger partial charge in [-0.2, -0.15) is 0 Å². The third-order valence-electron chi connectivity index (χ3n) is 19.3. The number of thioether (sulfide) groups is 1. The lowest BCUT2D eigenvalue weighted by Gasteiger charge is -2.67. The number of carbonyl (C=O) groups excluding carboxylic acids is 8. The number of hydrogen-bond acceptors (Lipinski definition) is 21. The number of carbonyl (C=O) groups is 8. The van der Waals surface area contributed by atoms with E-state index in [2.05, 4.69) is 10.6 Å². The van der Waals surface area contributed by atoms with Gasteiger partial charge in [0, 0.05) is 49.7 Å². The molecule has 12 atom stereocenters. The maximum absolute atomic E-state index is 16.6. The van der Waals surface area contributed by atoms with Gasteiger partial charge in [-0.25, -0.2) is 9.59 Å². The van der Waals surface area contributed by atoms with Crippen LogP contribution in [0.15, 0.2) is 136 Å². The van der Waals surface area contributed by atoms with Crippen LogP contribution in [0, 0.1) is 16.7 Å². The Labute approximate surface area is 547 Å². The van der Waals surface area contributed by atoms with Crippen molar-refractivity contribution in [2.75, 3.05) is 34.2 Å². The van der Waals surface area contributed by atoms with Crippen LogP contribution in [0.2, 0.25) is 0 Å². The summed E-state index contributed by atoms with van der Waals surface area (Å²) in [7, 11) is 4.47. The third-order valence-corrected chi connectivity index (χ3v) is 20.1. The van der Waals surface area contributed by atoms with Crippen molar-refractivity contribution in [3.63, 3.8) is 0 Å². The minimum Gasteiger partial charge on any atom is -0.493 e. The quantitative estimate of drug-likeness (QED) is 0.0267. The summed E-state index contributed by atoms with van der Waals surface area (Å²) < 4.78 is 55.3. The average Bonchev–Trinajstić information content (AvgIpc) is 0.706. The summed E-state index contributed by atoms with van der Waals surface area (Å²) in [6.45, 7) is 7.63. The van der Waals surface area contributed by atoms with Crippen molar-refractivity contribution in [2.24, 2.45) is 16.7 Å². The van der Waals surface area contributed by atoms with Crippen molar-refractivity contribution >= 4 is 59.2 Å². The second kappa shape index (κ2) is 27.2. The molecule has 5 aromatic rings. The van der Waals surface area contributed by atoms with Crippen LogP contribution in [-0.4, -0.2) is 140 Å². The van der Waals surface area contributed by atoms with E-state index in [4.69, 9.17) is 42.6 Å². The van der Waals surface area contributed by atoms with Crippen molar-refractivity contribution in [3.8, 4) is 28.4 Å². The zero-order valence-corrected chi connectivity index (χ0v) is 54.6. The zero-order valence-electron chi connectivity index (χ0n) is 53.8. The molecule has 1 heterocycles. The summed E-state index contributed by atoms with van der Waals surface area (Å²) in [5.41, 5.74) is -6.03. The van der Waals surface area contributed by atoms with E-state index in [1.54, 1.807) is 97.3 Å². The van der Waals surface area contributed by atoms with Gasteiger partial charge in [0.1, 0.15) is 30.0 Å². The second-order valence-electron chi connectivity index (χ2n) is 24.9. The molecule has 5 aliphatic rings. The number of ether oxygens (including phenoxy) is 9. The van der Waals surface area contributed by atoms with Gasteiger partial charge in [0.05, 0.1) is 68.2 Å². The van der Waals surface area contributed by atoms with E-state index in [0.717, 1.165) is 19.4 Å². The van der Waals surface area contributed by atoms with Crippen LogP contribution < -0.4 is 30.3 Å². The van der Waals surface area contributed by atoms with Crippen molar-refractivity contribution in [1.82, 2.24) is 10.6 Å². The minimum atomic E-state index is -2.58. The molecule has 10 rings (SSSR count). The van der Waals surface area contributed by atoms with Crippen LogP contribution in [0.3, 0.4) is 0 Å². The normalized spacial score (nSPS) is 26.1. The van der Waals surface area contributed by atoms with Gasteiger partial charge in [-0.15, -0.1) is 11.8 Å². The Morgan fingerprint density at radius 3 is 2.01 bits per heavy atom. The van der Waals surface area contributed by atoms with Crippen molar-refractivity contribution in [3.05, 3.63) is 164 Å². The van der Waals surface area contributed by atoms with Gasteiger partial charge < -0.3 is 63.5 Å². The van der Waals surface area contributed by atoms with Crippen LogP contribution in [0.1, 0.15) is 123 Å². The fourth-order valence-corrected chi connectivity index (χ4v) is 15.1. The van der Waals surface area contributed by atoms with Gasteiger partial charge in [-0.05, 0) is 109 Å². The van der Waals surface area contributed by atoms with Crippen LogP contribution in [0.5, 0.6) is 17.2 Å². The summed E-state index contributed by atoms with van der Waals surface area (Å²) in [5, 5.41) is 32.2. The monoisotopic (exact) mass is 1310 g/mol. The molecule has 2 unspecified atom stereocenters. The van der Waals surface area contributed by atoms with Crippen molar-refractivity contribution in [2.45, 2.75) is 145 Å². The van der Waals surface area contributed by atoms with Crippen molar-refractivity contribution in [1.29, 1.82) is 0 Å². The van der Waals surface area contributed by atoms with Crippen LogP contribution in [-0.2, 0) is 63.6 Å². The average molecular weight is 1310 g/mol. The number of benzene rings is 4. The number of aliphatic hydroxyl groups excluding tert-OH is 1. The highest BCUT2D eigenvalue weighted by Crippen LogP contribution is 2.65. The molecule has 22 nitrogen and oxygen atoms in total. The highest BCUT2D eigenvalue weighted by Gasteiger charge is 2.79. The van der Waals surface area contributed by atoms with Crippen LogP contribution in [0.25, 0.3) is 11.1 Å². The lowest BCUT2D eigenvalue weighted by atomic mass is 9.44. The third kappa shape index (κ3) is 12.3. The first-order valence-electron chi connectivity index (χ1n) is 30.8. The standard InChI is InChI=1S/C71H76N2O20S/c1-37-49(90-67(83)58(79)57(40-20-14-11-15-21-40)73-65(81)41-22-16-12-17-23-41)35-71(84)64(92-66(82)42-24-18-13-19-25-42)62-69(6,63(80)61(89-38(2)74)56(37)68(71,4)5)51(34-52-70(62,36-88-52)93-39(3)75)91-54(78)31-30-53(77)72-46-28-26-43-32-48(85-7)59(86-8)60(87-9)55(43)44-27-29-50(94-10)47(76)33-45(44)46/h11-25,27,29,32-33,46,49,51-52,57-58,61-62,64,79,84H,26,28,30-31,34-36H2,1-10H3,(H,72,77)(H,73,81)/t46-,49-,51-,52+,57-,58+,61+,62?,64?,69+,70-,71+/m0/s1. The number of nitrogens with one attached hydrogen (secondary N) is 2. The Bertz CT molecular complexity index is 3900. The summed E-state index contributed by atoms with van der Waals surface area (Å²) >= 11 is 1.25.